The molecule has 0 spiro atoms. The van der Waals surface area contributed by atoms with E-state index in [1.165, 1.54) is 4.57 Å². The highest BCUT2D eigenvalue weighted by Gasteiger charge is 2.36. The summed E-state index contributed by atoms with van der Waals surface area (Å²) in [5, 5.41) is 10.6. The Morgan fingerprint density at radius 2 is 1.80 bits per heavy atom. The number of hydrogen-bond donors (Lipinski definition) is 1. The van der Waals surface area contributed by atoms with Gasteiger partial charge in [0.15, 0.2) is 0 Å². The number of para-hydroxylation sites is 1. The second-order valence-corrected chi connectivity index (χ2v) is 5.18. The highest BCUT2D eigenvalue weighted by molar-refractivity contribution is 5.88. The largest absolute Gasteiger partial charge is 0.497 e. The van der Waals surface area contributed by atoms with E-state index < -0.39 is 5.97 Å². The average molecular weight is 340 g/mol. The smallest absolute Gasteiger partial charge is 0.426 e. The van der Waals surface area contributed by atoms with E-state index in [2.05, 4.69) is 0 Å². The molecule has 0 amide bonds. The normalized spacial score (nSPS) is 10.5. The maximum atomic E-state index is 12.1. The lowest BCUT2D eigenvalue weighted by Crippen LogP contribution is -2.31. The van der Waals surface area contributed by atoms with Gasteiger partial charge in [-0.25, -0.2) is 4.79 Å². The Hall–Kier alpha value is -3.28. The van der Waals surface area contributed by atoms with Crippen LogP contribution in [0.4, 0.5) is 0 Å². The lowest BCUT2D eigenvalue weighted by Gasteiger charge is -2.00. The molecular weight excluding hydrogens is 322 g/mol. The van der Waals surface area contributed by atoms with E-state index in [0.29, 0.717) is 22.9 Å². The minimum Gasteiger partial charge on any atom is -0.497 e. The van der Waals surface area contributed by atoms with Crippen LogP contribution in [0, 0.1) is 0 Å². The first-order chi connectivity index (χ1) is 12.2. The van der Waals surface area contributed by atoms with Crippen LogP contribution in [0.15, 0.2) is 59.0 Å². The van der Waals surface area contributed by atoms with E-state index in [-0.39, 0.29) is 18.2 Å². The molecule has 0 aliphatic heterocycles. The second kappa shape index (κ2) is 7.09. The Kier molecular flexibility index (Phi) is 4.70. The van der Waals surface area contributed by atoms with Gasteiger partial charge >= 0.3 is 23.5 Å². The summed E-state index contributed by atoms with van der Waals surface area (Å²) in [6, 6.07) is 16.2. The summed E-state index contributed by atoms with van der Waals surface area (Å²) in [5.74, 6) is -0.262. The number of ether oxygens (including phenoxy) is 2. The van der Waals surface area contributed by atoms with Crippen molar-refractivity contribution in [1.82, 2.24) is 0 Å². The van der Waals surface area contributed by atoms with Gasteiger partial charge in [-0.2, -0.15) is 0 Å². The van der Waals surface area contributed by atoms with Crippen LogP contribution >= 0.6 is 0 Å². The van der Waals surface area contributed by atoms with Crippen molar-refractivity contribution in [2.45, 2.75) is 6.92 Å². The summed E-state index contributed by atoms with van der Waals surface area (Å²) < 4.78 is 17.3. The van der Waals surface area contributed by atoms with Crippen molar-refractivity contribution in [2.75, 3.05) is 13.7 Å². The third kappa shape index (κ3) is 3.19. The summed E-state index contributed by atoms with van der Waals surface area (Å²) in [7, 11) is 1.58. The Morgan fingerprint density at radius 1 is 1.12 bits per heavy atom. The SMILES string of the molecule is CCOC(=O)c1oc(-c2ccc(OC)cc2)[n+](-c2ccccc2)c1O. The first kappa shape index (κ1) is 16.6. The molecule has 1 heterocycles. The predicted octanol–water partition coefficient (Wildman–Crippen LogP) is 3.11. The van der Waals surface area contributed by atoms with Gasteiger partial charge in [-0.05, 0) is 31.2 Å². The van der Waals surface area contributed by atoms with Crippen LogP contribution in [0.2, 0.25) is 0 Å². The van der Waals surface area contributed by atoms with Crippen LogP contribution in [-0.2, 0) is 4.74 Å². The summed E-state index contributed by atoms with van der Waals surface area (Å²) in [6.07, 6.45) is 0. The second-order valence-electron chi connectivity index (χ2n) is 5.18. The first-order valence-electron chi connectivity index (χ1n) is 7.80. The number of aromatic nitrogens is 1. The van der Waals surface area contributed by atoms with Gasteiger partial charge in [0, 0.05) is 12.1 Å². The molecule has 3 aromatic rings. The van der Waals surface area contributed by atoms with Crippen LogP contribution in [0.5, 0.6) is 11.6 Å². The molecule has 0 bridgehead atoms. The van der Waals surface area contributed by atoms with Crippen molar-refractivity contribution in [3.05, 3.63) is 60.4 Å². The molecule has 0 aliphatic carbocycles. The van der Waals surface area contributed by atoms with Crippen LogP contribution < -0.4 is 9.30 Å². The number of benzene rings is 2. The maximum absolute atomic E-state index is 12.1. The van der Waals surface area contributed by atoms with Crippen LogP contribution in [0.1, 0.15) is 17.5 Å². The van der Waals surface area contributed by atoms with E-state index in [9.17, 15) is 9.90 Å². The molecule has 3 rings (SSSR count). The zero-order valence-corrected chi connectivity index (χ0v) is 13.9. The molecule has 25 heavy (non-hydrogen) atoms. The molecule has 0 aliphatic rings. The van der Waals surface area contributed by atoms with Crippen LogP contribution in [0.25, 0.3) is 17.1 Å². The molecule has 6 nitrogen and oxygen atoms in total. The van der Waals surface area contributed by atoms with Gasteiger partial charge in [-0.15, -0.1) is 0 Å². The van der Waals surface area contributed by atoms with Gasteiger partial charge in [0.1, 0.15) is 5.75 Å². The van der Waals surface area contributed by atoms with Gasteiger partial charge in [0.25, 0.3) is 0 Å². The third-order valence-corrected chi connectivity index (χ3v) is 3.63. The van der Waals surface area contributed by atoms with Gasteiger partial charge in [0.2, 0.25) is 5.69 Å². The summed E-state index contributed by atoms with van der Waals surface area (Å²) in [5.41, 5.74) is 1.33. The van der Waals surface area contributed by atoms with Crippen molar-refractivity contribution in [1.29, 1.82) is 0 Å². The van der Waals surface area contributed by atoms with Gasteiger partial charge < -0.3 is 19.0 Å². The fraction of sp³-hybridized carbons (Fsp3) is 0.158. The van der Waals surface area contributed by atoms with Gasteiger partial charge in [-0.1, -0.05) is 22.8 Å². The highest BCUT2D eigenvalue weighted by atomic mass is 16.5. The summed E-state index contributed by atoms with van der Waals surface area (Å²) in [6.45, 7) is 1.87. The zero-order chi connectivity index (χ0) is 17.8. The average Bonchev–Trinajstić information content (AvgIpc) is 3.00. The van der Waals surface area contributed by atoms with Crippen molar-refractivity contribution in [3.63, 3.8) is 0 Å². The van der Waals surface area contributed by atoms with E-state index in [1.807, 2.05) is 18.2 Å². The third-order valence-electron chi connectivity index (χ3n) is 3.63. The standard InChI is InChI=1S/C19H17NO5/c1-3-24-19(22)16-17(21)20(14-7-5-4-6-8-14)18(25-16)13-9-11-15(23-2)12-10-13/h4-12H,3H2,1-2H3/p+1. The Morgan fingerprint density at radius 3 is 2.40 bits per heavy atom. The quantitative estimate of drug-likeness (QED) is 0.571. The highest BCUT2D eigenvalue weighted by Crippen LogP contribution is 2.28. The van der Waals surface area contributed by atoms with Gasteiger partial charge in [0.05, 0.1) is 19.3 Å². The van der Waals surface area contributed by atoms with Gasteiger partial charge in [-0.3, -0.25) is 0 Å². The number of rotatable bonds is 5. The fourth-order valence-electron chi connectivity index (χ4n) is 2.45. The molecule has 1 aromatic heterocycles. The zero-order valence-electron chi connectivity index (χ0n) is 13.9. The van der Waals surface area contributed by atoms with Crippen molar-refractivity contribution in [3.8, 4) is 28.8 Å². The molecule has 0 unspecified atom stereocenters. The molecule has 6 heteroatoms. The van der Waals surface area contributed by atoms with E-state index in [0.717, 1.165) is 0 Å². The first-order valence-corrected chi connectivity index (χ1v) is 7.80. The minimum absolute atomic E-state index is 0.183. The number of methoxy groups -OCH3 is 1. The number of aromatic hydroxyl groups is 1. The molecular formula is C19H18NO5+. The van der Waals surface area contributed by atoms with Crippen LogP contribution in [-0.4, -0.2) is 24.8 Å². The maximum Gasteiger partial charge on any atom is 0.426 e. The lowest BCUT2D eigenvalue weighted by atomic mass is 10.2. The predicted molar refractivity (Wildman–Crippen MR) is 89.8 cm³/mol. The summed E-state index contributed by atoms with van der Waals surface area (Å²) >= 11 is 0. The Bertz CT molecular complexity index is 869. The number of carbonyl (C=O) groups excluding carboxylic acids is 1. The molecule has 0 atom stereocenters. The van der Waals surface area contributed by atoms with Crippen molar-refractivity contribution in [2.24, 2.45) is 0 Å². The van der Waals surface area contributed by atoms with E-state index in [4.69, 9.17) is 13.9 Å². The minimum atomic E-state index is -0.718. The number of nitrogens with zero attached hydrogens (tertiary/aromatic N) is 1. The molecule has 128 valence electrons. The fourth-order valence-corrected chi connectivity index (χ4v) is 2.45. The van der Waals surface area contributed by atoms with Crippen molar-refractivity contribution >= 4 is 5.97 Å². The molecule has 0 radical (unpaired) electrons. The molecule has 0 saturated carbocycles. The number of carbonyl (C=O) groups is 1. The Labute approximate surface area is 144 Å². The molecule has 1 N–H and O–H groups in total. The molecule has 0 saturated heterocycles. The molecule has 0 fully saturated rings. The van der Waals surface area contributed by atoms with E-state index in [1.54, 1.807) is 50.4 Å². The number of hydrogen-bond acceptors (Lipinski definition) is 5. The number of esters is 1. The van der Waals surface area contributed by atoms with Crippen LogP contribution in [0.3, 0.4) is 0 Å². The Balaban J connectivity index is 2.18. The molecule has 2 aromatic carbocycles. The topological polar surface area (TPSA) is 72.8 Å². The van der Waals surface area contributed by atoms with Crippen molar-refractivity contribution < 1.29 is 28.4 Å². The monoisotopic (exact) mass is 340 g/mol. The summed E-state index contributed by atoms with van der Waals surface area (Å²) in [4.78, 5) is 12.1. The number of oxazole rings is 1. The lowest BCUT2D eigenvalue weighted by molar-refractivity contribution is -0.594. The van der Waals surface area contributed by atoms with E-state index >= 15 is 0 Å².